The van der Waals surface area contributed by atoms with Crippen molar-refractivity contribution < 1.29 is 9.53 Å². The number of fused-ring (bicyclic) bond motifs is 1. The van der Waals surface area contributed by atoms with E-state index in [1.165, 1.54) is 31.9 Å². The molecular weight excluding hydrogens is 482 g/mol. The highest BCUT2D eigenvalue weighted by Crippen LogP contribution is 2.40. The van der Waals surface area contributed by atoms with E-state index in [4.69, 9.17) is 15.5 Å². The average Bonchev–Trinajstić information content (AvgIpc) is 3.27. The quantitative estimate of drug-likeness (QED) is 0.313. The summed E-state index contributed by atoms with van der Waals surface area (Å²) in [7, 11) is 0. The summed E-state index contributed by atoms with van der Waals surface area (Å²) in [5.74, 6) is 0.171. The second kappa shape index (κ2) is 9.16. The number of aryl methyl sites for hydroxylation is 1. The minimum absolute atomic E-state index is 0. The van der Waals surface area contributed by atoms with Crippen LogP contribution in [-0.2, 0) is 0 Å². The fourth-order valence-electron chi connectivity index (χ4n) is 3.11. The number of thiophene rings is 1. The predicted octanol–water partition coefficient (Wildman–Crippen LogP) is 6.54. The van der Waals surface area contributed by atoms with Crippen LogP contribution in [0.2, 0.25) is 0 Å². The minimum Gasteiger partial charge on any atom is -0.489 e. The number of anilines is 2. The van der Waals surface area contributed by atoms with Gasteiger partial charge >= 0.3 is 0 Å². The lowest BCUT2D eigenvalue weighted by Gasteiger charge is -2.15. The van der Waals surface area contributed by atoms with Crippen molar-refractivity contribution in [2.75, 3.05) is 5.32 Å². The zero-order chi connectivity index (χ0) is 20.5. The second-order valence-electron chi connectivity index (χ2n) is 6.96. The standard InChI is InChI=1S/C22H21N3O2S2.BrH/c1-12(2)27-18-9-8-14(21(23)26)10-16(18)24-22-25-17(11-28-22)20-13(3)15-6-4-5-7-19(15)29-20;/h4-12H,1-3H3,(H2,23,26)(H,24,25);1H. The number of primary amides is 1. The number of ether oxygens (including phenoxy) is 1. The molecule has 0 bridgehead atoms. The first kappa shape index (κ1) is 22.3. The Bertz CT molecular complexity index is 1200. The smallest absolute Gasteiger partial charge is 0.248 e. The third-order valence-corrected chi connectivity index (χ3v) is 6.50. The van der Waals surface area contributed by atoms with E-state index >= 15 is 0 Å². The molecule has 0 saturated carbocycles. The molecule has 4 aromatic rings. The molecule has 2 aromatic carbocycles. The number of hydrogen-bond donors (Lipinski definition) is 2. The fraction of sp³-hybridized carbons (Fsp3) is 0.182. The Kier molecular flexibility index (Phi) is 6.80. The van der Waals surface area contributed by atoms with E-state index in [1.54, 1.807) is 29.5 Å². The lowest BCUT2D eigenvalue weighted by Crippen LogP contribution is -2.12. The van der Waals surface area contributed by atoms with Crippen LogP contribution in [-0.4, -0.2) is 17.0 Å². The number of rotatable bonds is 6. The molecule has 156 valence electrons. The first-order valence-electron chi connectivity index (χ1n) is 9.24. The van der Waals surface area contributed by atoms with Crippen LogP contribution >= 0.6 is 39.7 Å². The molecule has 0 saturated heterocycles. The van der Waals surface area contributed by atoms with Gasteiger partial charge in [0.25, 0.3) is 0 Å². The Labute approximate surface area is 193 Å². The number of nitrogens with zero attached hydrogens (tertiary/aromatic N) is 1. The zero-order valence-electron chi connectivity index (χ0n) is 16.8. The van der Waals surface area contributed by atoms with E-state index in [2.05, 4.69) is 36.5 Å². The number of carbonyl (C=O) groups is 1. The number of amides is 1. The van der Waals surface area contributed by atoms with Crippen molar-refractivity contribution in [3.05, 3.63) is 59.0 Å². The Morgan fingerprint density at radius 2 is 1.97 bits per heavy atom. The molecule has 8 heteroatoms. The first-order chi connectivity index (χ1) is 13.9. The van der Waals surface area contributed by atoms with Gasteiger partial charge in [0.1, 0.15) is 5.75 Å². The third kappa shape index (κ3) is 4.50. The maximum Gasteiger partial charge on any atom is 0.248 e. The Balaban J connectivity index is 0.00000256. The number of benzene rings is 2. The van der Waals surface area contributed by atoms with Gasteiger partial charge in [-0.3, -0.25) is 4.79 Å². The third-order valence-electron chi connectivity index (χ3n) is 4.45. The van der Waals surface area contributed by atoms with Crippen LogP contribution in [0.5, 0.6) is 5.75 Å². The molecule has 1 amide bonds. The second-order valence-corrected chi connectivity index (χ2v) is 8.87. The molecule has 2 aromatic heterocycles. The number of halogens is 1. The monoisotopic (exact) mass is 503 g/mol. The average molecular weight is 504 g/mol. The lowest BCUT2D eigenvalue weighted by atomic mass is 10.1. The van der Waals surface area contributed by atoms with E-state index < -0.39 is 5.91 Å². The summed E-state index contributed by atoms with van der Waals surface area (Å²) in [6.07, 6.45) is 0.00281. The summed E-state index contributed by atoms with van der Waals surface area (Å²) in [4.78, 5) is 17.5. The van der Waals surface area contributed by atoms with Gasteiger partial charge in [0, 0.05) is 15.6 Å². The van der Waals surface area contributed by atoms with Gasteiger partial charge in [-0.15, -0.1) is 39.7 Å². The molecule has 2 heterocycles. The summed E-state index contributed by atoms with van der Waals surface area (Å²) in [5.41, 5.74) is 8.71. The van der Waals surface area contributed by atoms with Gasteiger partial charge in [-0.05, 0) is 56.0 Å². The van der Waals surface area contributed by atoms with Crippen LogP contribution in [0.25, 0.3) is 20.7 Å². The summed E-state index contributed by atoms with van der Waals surface area (Å²) in [6, 6.07) is 13.5. The maximum atomic E-state index is 11.6. The molecule has 0 atom stereocenters. The van der Waals surface area contributed by atoms with Crippen molar-refractivity contribution >= 4 is 66.5 Å². The maximum absolute atomic E-state index is 11.6. The number of nitrogens with two attached hydrogens (primary N) is 1. The van der Waals surface area contributed by atoms with Crippen molar-refractivity contribution in [1.29, 1.82) is 0 Å². The van der Waals surface area contributed by atoms with E-state index in [9.17, 15) is 4.79 Å². The lowest BCUT2D eigenvalue weighted by molar-refractivity contribution is 0.100. The van der Waals surface area contributed by atoms with Crippen molar-refractivity contribution in [3.8, 4) is 16.3 Å². The molecule has 4 rings (SSSR count). The van der Waals surface area contributed by atoms with Crippen LogP contribution in [0.4, 0.5) is 10.8 Å². The molecule has 0 aliphatic carbocycles. The number of hydrogen-bond acceptors (Lipinski definition) is 6. The number of thiazole rings is 1. The van der Waals surface area contributed by atoms with E-state index in [0.29, 0.717) is 17.0 Å². The Morgan fingerprint density at radius 1 is 1.20 bits per heavy atom. The van der Waals surface area contributed by atoms with Gasteiger partial charge in [-0.25, -0.2) is 4.98 Å². The Morgan fingerprint density at radius 3 is 2.67 bits per heavy atom. The minimum atomic E-state index is -0.482. The molecule has 0 aliphatic heterocycles. The summed E-state index contributed by atoms with van der Waals surface area (Å²) in [5, 5.41) is 7.33. The highest BCUT2D eigenvalue weighted by Gasteiger charge is 2.15. The fourth-order valence-corrected chi connectivity index (χ4v) is 5.07. The molecule has 0 fully saturated rings. The Hall–Kier alpha value is -2.42. The van der Waals surface area contributed by atoms with Crippen LogP contribution < -0.4 is 15.8 Å². The summed E-state index contributed by atoms with van der Waals surface area (Å²) < 4.78 is 7.12. The van der Waals surface area contributed by atoms with Gasteiger partial charge in [0.15, 0.2) is 5.13 Å². The topological polar surface area (TPSA) is 77.2 Å². The molecule has 0 radical (unpaired) electrons. The van der Waals surface area contributed by atoms with Crippen molar-refractivity contribution in [2.45, 2.75) is 26.9 Å². The van der Waals surface area contributed by atoms with Crippen LogP contribution in [0.1, 0.15) is 29.8 Å². The van der Waals surface area contributed by atoms with Gasteiger partial charge in [-0.2, -0.15) is 0 Å². The highest BCUT2D eigenvalue weighted by molar-refractivity contribution is 8.93. The normalized spacial score (nSPS) is 10.8. The number of aromatic nitrogens is 1. The van der Waals surface area contributed by atoms with Gasteiger partial charge in [-0.1, -0.05) is 18.2 Å². The highest BCUT2D eigenvalue weighted by atomic mass is 79.9. The number of carbonyl (C=O) groups excluding carboxylic acids is 1. The zero-order valence-corrected chi connectivity index (χ0v) is 20.1. The molecule has 30 heavy (non-hydrogen) atoms. The van der Waals surface area contributed by atoms with Crippen molar-refractivity contribution in [2.24, 2.45) is 5.73 Å². The molecule has 0 unspecified atom stereocenters. The van der Waals surface area contributed by atoms with Crippen LogP contribution in [0.15, 0.2) is 47.8 Å². The largest absolute Gasteiger partial charge is 0.489 e. The van der Waals surface area contributed by atoms with Gasteiger partial charge in [0.2, 0.25) is 5.91 Å². The van der Waals surface area contributed by atoms with Crippen LogP contribution in [0.3, 0.4) is 0 Å². The van der Waals surface area contributed by atoms with Gasteiger partial charge < -0.3 is 15.8 Å². The SMILES string of the molecule is Br.Cc1c(-c2csc(Nc3cc(C(N)=O)ccc3OC(C)C)n2)sc2ccccc12. The molecule has 5 nitrogen and oxygen atoms in total. The molecule has 0 aliphatic rings. The van der Waals surface area contributed by atoms with E-state index in [-0.39, 0.29) is 23.1 Å². The molecule has 0 spiro atoms. The number of nitrogens with one attached hydrogen (secondary N) is 1. The van der Waals surface area contributed by atoms with Crippen molar-refractivity contribution in [3.63, 3.8) is 0 Å². The van der Waals surface area contributed by atoms with Gasteiger partial charge in [0.05, 0.1) is 22.4 Å². The van der Waals surface area contributed by atoms with Crippen molar-refractivity contribution in [1.82, 2.24) is 4.98 Å². The summed E-state index contributed by atoms with van der Waals surface area (Å²) >= 11 is 3.26. The van der Waals surface area contributed by atoms with E-state index in [0.717, 1.165) is 10.8 Å². The summed E-state index contributed by atoms with van der Waals surface area (Å²) in [6.45, 7) is 6.04. The molecular formula is C22H22BrN3O2S2. The first-order valence-corrected chi connectivity index (χ1v) is 10.9. The van der Waals surface area contributed by atoms with Crippen LogP contribution in [0, 0.1) is 6.92 Å². The van der Waals surface area contributed by atoms with E-state index in [1.807, 2.05) is 19.2 Å². The molecule has 3 N–H and O–H groups in total. The predicted molar refractivity (Wildman–Crippen MR) is 132 cm³/mol.